The minimum Gasteiger partial charge on any atom is -0.395 e. The van der Waals surface area contributed by atoms with Crippen molar-refractivity contribution in [1.82, 2.24) is 20.4 Å². The van der Waals surface area contributed by atoms with E-state index in [2.05, 4.69) is 25.7 Å². The van der Waals surface area contributed by atoms with Crippen LogP contribution in [-0.4, -0.2) is 26.3 Å². The van der Waals surface area contributed by atoms with Gasteiger partial charge in [0.1, 0.15) is 0 Å². The maximum atomic E-state index is 11.7. The van der Waals surface area contributed by atoms with Crippen LogP contribution in [0.1, 0.15) is 23.1 Å². The second-order valence-electron chi connectivity index (χ2n) is 3.26. The lowest BCUT2D eigenvalue weighted by Crippen LogP contribution is -2.13. The summed E-state index contributed by atoms with van der Waals surface area (Å²) >= 11 is 0. The lowest BCUT2D eigenvalue weighted by Gasteiger charge is -1.99. The van der Waals surface area contributed by atoms with Crippen LogP contribution in [0, 0.1) is 0 Å². The van der Waals surface area contributed by atoms with Gasteiger partial charge in [-0.2, -0.15) is 10.2 Å². The summed E-state index contributed by atoms with van der Waals surface area (Å²) in [6.07, 6.45) is 3.78. The molecule has 0 aliphatic heterocycles. The zero-order valence-electron chi connectivity index (χ0n) is 8.74. The van der Waals surface area contributed by atoms with E-state index in [0.29, 0.717) is 17.8 Å². The fourth-order valence-corrected chi connectivity index (χ4v) is 1.34. The molecular weight excluding hydrogens is 208 g/mol. The number of aromatic amines is 2. The predicted molar refractivity (Wildman–Crippen MR) is 58.9 cm³/mol. The van der Waals surface area contributed by atoms with E-state index >= 15 is 0 Å². The van der Waals surface area contributed by atoms with Gasteiger partial charge < -0.3 is 11.1 Å². The lowest BCUT2D eigenvalue weighted by atomic mass is 10.2. The Morgan fingerprint density at radius 3 is 3.00 bits per heavy atom. The van der Waals surface area contributed by atoms with E-state index in [9.17, 15) is 4.79 Å². The molecule has 7 heteroatoms. The highest BCUT2D eigenvalue weighted by Crippen LogP contribution is 2.15. The van der Waals surface area contributed by atoms with Crippen LogP contribution in [0.2, 0.25) is 0 Å². The van der Waals surface area contributed by atoms with E-state index in [4.69, 9.17) is 5.73 Å². The Kier molecular flexibility index (Phi) is 2.59. The van der Waals surface area contributed by atoms with Crippen LogP contribution in [0.4, 0.5) is 11.4 Å². The van der Waals surface area contributed by atoms with Crippen LogP contribution in [0.3, 0.4) is 0 Å². The van der Waals surface area contributed by atoms with Gasteiger partial charge in [-0.05, 0) is 6.42 Å². The van der Waals surface area contributed by atoms with E-state index < -0.39 is 0 Å². The Morgan fingerprint density at radius 2 is 2.44 bits per heavy atom. The molecule has 0 saturated carbocycles. The van der Waals surface area contributed by atoms with Gasteiger partial charge in [0.05, 0.1) is 23.3 Å². The van der Waals surface area contributed by atoms with Crippen molar-refractivity contribution >= 4 is 17.3 Å². The number of carbonyl (C=O) groups is 1. The summed E-state index contributed by atoms with van der Waals surface area (Å²) in [6, 6.07) is 0. The smallest absolute Gasteiger partial charge is 0.278 e. The fraction of sp³-hybridized carbons (Fsp3) is 0.222. The third kappa shape index (κ3) is 1.74. The van der Waals surface area contributed by atoms with Crippen LogP contribution >= 0.6 is 0 Å². The first-order valence-electron chi connectivity index (χ1n) is 4.85. The number of rotatable bonds is 3. The number of nitrogens with one attached hydrogen (secondary N) is 3. The minimum atomic E-state index is -0.352. The number of nitrogens with two attached hydrogens (primary N) is 1. The monoisotopic (exact) mass is 220 g/mol. The molecule has 16 heavy (non-hydrogen) atoms. The Morgan fingerprint density at radius 1 is 1.62 bits per heavy atom. The number of hydrogen-bond donors (Lipinski definition) is 4. The largest absolute Gasteiger partial charge is 0.395 e. The fourth-order valence-electron chi connectivity index (χ4n) is 1.34. The van der Waals surface area contributed by atoms with Crippen LogP contribution < -0.4 is 11.1 Å². The molecule has 0 fully saturated rings. The van der Waals surface area contributed by atoms with Crippen molar-refractivity contribution < 1.29 is 4.79 Å². The molecule has 2 rings (SSSR count). The summed E-state index contributed by atoms with van der Waals surface area (Å²) in [7, 11) is 0. The first kappa shape index (κ1) is 10.2. The summed E-state index contributed by atoms with van der Waals surface area (Å²) in [4.78, 5) is 11.7. The van der Waals surface area contributed by atoms with Gasteiger partial charge in [-0.3, -0.25) is 15.0 Å². The van der Waals surface area contributed by atoms with Crippen LogP contribution in [0.5, 0.6) is 0 Å². The standard InChI is InChI=1S/C9H12N6O/c1-2-6-7(10)8(15-14-6)9(16)13-5-3-11-12-4-5/h3-4H,2,10H2,1H3,(H,11,12)(H,13,16)(H,14,15). The second-order valence-corrected chi connectivity index (χ2v) is 3.26. The van der Waals surface area contributed by atoms with E-state index in [-0.39, 0.29) is 11.6 Å². The highest BCUT2D eigenvalue weighted by Gasteiger charge is 2.16. The maximum Gasteiger partial charge on any atom is 0.278 e. The molecule has 0 unspecified atom stereocenters. The number of aromatic nitrogens is 4. The molecule has 1 amide bonds. The van der Waals surface area contributed by atoms with Gasteiger partial charge in [0.15, 0.2) is 5.69 Å². The SMILES string of the molecule is CCc1[nH]nc(C(=O)Nc2cn[nH]c2)c1N. The molecule has 0 spiro atoms. The van der Waals surface area contributed by atoms with Gasteiger partial charge in [0, 0.05) is 6.20 Å². The molecule has 0 aliphatic carbocycles. The number of hydrogen-bond acceptors (Lipinski definition) is 4. The molecule has 2 aromatic rings. The zero-order chi connectivity index (χ0) is 11.5. The summed E-state index contributed by atoms with van der Waals surface area (Å²) in [5.74, 6) is -0.352. The number of anilines is 2. The Hall–Kier alpha value is -2.31. The molecule has 2 heterocycles. The van der Waals surface area contributed by atoms with Gasteiger partial charge >= 0.3 is 0 Å². The molecule has 0 radical (unpaired) electrons. The Labute approximate surface area is 91.4 Å². The average molecular weight is 220 g/mol. The van der Waals surface area contributed by atoms with Crippen molar-refractivity contribution in [1.29, 1.82) is 0 Å². The number of nitrogens with zero attached hydrogens (tertiary/aromatic N) is 2. The third-order valence-electron chi connectivity index (χ3n) is 2.21. The number of nitrogen functional groups attached to an aromatic ring is 1. The van der Waals surface area contributed by atoms with Crippen molar-refractivity contribution in [3.05, 3.63) is 23.8 Å². The van der Waals surface area contributed by atoms with Crippen LogP contribution in [0.25, 0.3) is 0 Å². The van der Waals surface area contributed by atoms with E-state index in [1.807, 2.05) is 6.92 Å². The third-order valence-corrected chi connectivity index (χ3v) is 2.21. The number of amides is 1. The van der Waals surface area contributed by atoms with Gasteiger partial charge in [0.2, 0.25) is 0 Å². The van der Waals surface area contributed by atoms with E-state index in [1.165, 1.54) is 6.20 Å². The zero-order valence-corrected chi connectivity index (χ0v) is 8.74. The highest BCUT2D eigenvalue weighted by atomic mass is 16.2. The number of H-pyrrole nitrogens is 2. The van der Waals surface area contributed by atoms with Crippen LogP contribution in [-0.2, 0) is 6.42 Å². The van der Waals surface area contributed by atoms with Crippen molar-refractivity contribution in [2.75, 3.05) is 11.1 Å². The molecule has 2 aromatic heterocycles. The summed E-state index contributed by atoms with van der Waals surface area (Å²) in [5, 5.41) is 15.5. The van der Waals surface area contributed by atoms with Gasteiger partial charge in [-0.15, -0.1) is 0 Å². The molecule has 5 N–H and O–H groups in total. The predicted octanol–water partition coefficient (Wildman–Crippen LogP) is 0.530. The van der Waals surface area contributed by atoms with Gasteiger partial charge in [0.25, 0.3) is 5.91 Å². The first-order valence-corrected chi connectivity index (χ1v) is 4.85. The summed E-state index contributed by atoms with van der Waals surface area (Å²) in [6.45, 7) is 1.93. The Balaban J connectivity index is 2.18. The van der Waals surface area contributed by atoms with Crippen LogP contribution in [0.15, 0.2) is 12.4 Å². The highest BCUT2D eigenvalue weighted by molar-refractivity contribution is 6.06. The quantitative estimate of drug-likeness (QED) is 0.604. The van der Waals surface area contributed by atoms with E-state index in [0.717, 1.165) is 5.69 Å². The van der Waals surface area contributed by atoms with E-state index in [1.54, 1.807) is 6.20 Å². The number of aryl methyl sites for hydroxylation is 1. The lowest BCUT2D eigenvalue weighted by molar-refractivity contribution is 0.102. The van der Waals surface area contributed by atoms with Crippen molar-refractivity contribution in [3.8, 4) is 0 Å². The number of carbonyl (C=O) groups excluding carboxylic acids is 1. The topological polar surface area (TPSA) is 112 Å². The van der Waals surface area contributed by atoms with Gasteiger partial charge in [-0.25, -0.2) is 0 Å². The Bertz CT molecular complexity index is 486. The molecular formula is C9H12N6O. The molecule has 7 nitrogen and oxygen atoms in total. The van der Waals surface area contributed by atoms with Crippen molar-refractivity contribution in [3.63, 3.8) is 0 Å². The maximum absolute atomic E-state index is 11.7. The first-order chi connectivity index (χ1) is 7.72. The second kappa shape index (κ2) is 4.05. The molecule has 0 aromatic carbocycles. The van der Waals surface area contributed by atoms with Crippen molar-refractivity contribution in [2.24, 2.45) is 0 Å². The minimum absolute atomic E-state index is 0.207. The molecule has 0 bridgehead atoms. The van der Waals surface area contributed by atoms with Gasteiger partial charge in [-0.1, -0.05) is 6.92 Å². The molecule has 0 saturated heterocycles. The normalized spacial score (nSPS) is 10.3. The average Bonchev–Trinajstić information content (AvgIpc) is 2.87. The molecule has 84 valence electrons. The summed E-state index contributed by atoms with van der Waals surface area (Å²) < 4.78 is 0. The summed E-state index contributed by atoms with van der Waals surface area (Å²) in [5.41, 5.74) is 7.70. The molecule has 0 aliphatic rings. The molecule has 0 atom stereocenters. The van der Waals surface area contributed by atoms with Crippen molar-refractivity contribution in [2.45, 2.75) is 13.3 Å².